The van der Waals surface area contributed by atoms with E-state index in [1.54, 1.807) is 11.3 Å². The molecule has 262 valence electrons. The average Bonchev–Trinajstić information content (AvgIpc) is 3.79. The zero-order valence-corrected chi connectivity index (χ0v) is 32.0. The third-order valence-electron chi connectivity index (χ3n) is 12.1. The summed E-state index contributed by atoms with van der Waals surface area (Å²) in [4.78, 5) is 15.1. The molecule has 0 fully saturated rings. The molecule has 9 aromatic rings. The van der Waals surface area contributed by atoms with Crippen molar-refractivity contribution < 1.29 is 0 Å². The Morgan fingerprint density at radius 1 is 0.364 bits per heavy atom. The lowest BCUT2D eigenvalue weighted by Gasteiger charge is -2.24. The topological polar surface area (TPSA) is 38.7 Å². The molecule has 4 heteroatoms. The van der Waals surface area contributed by atoms with Gasteiger partial charge in [-0.05, 0) is 92.0 Å². The first kappa shape index (κ1) is 32.2. The van der Waals surface area contributed by atoms with Gasteiger partial charge < -0.3 is 0 Å². The fourth-order valence-electron chi connectivity index (χ4n) is 9.19. The van der Waals surface area contributed by atoms with E-state index < -0.39 is 0 Å². The Morgan fingerprint density at radius 2 is 0.891 bits per heavy atom. The summed E-state index contributed by atoms with van der Waals surface area (Å²) in [5, 5.41) is 2.47. The van der Waals surface area contributed by atoms with Gasteiger partial charge in [0.15, 0.2) is 17.5 Å². The monoisotopic (exact) mass is 723 g/mol. The molecule has 3 nitrogen and oxygen atoms in total. The molecular formula is C51H37N3S. The molecule has 0 N–H and O–H groups in total. The number of hydrogen-bond acceptors (Lipinski definition) is 4. The van der Waals surface area contributed by atoms with Crippen molar-refractivity contribution in [3.05, 3.63) is 174 Å². The minimum atomic E-state index is -0.118. The molecule has 0 saturated carbocycles. The van der Waals surface area contributed by atoms with Gasteiger partial charge in [-0.15, -0.1) is 11.3 Å². The molecule has 0 saturated heterocycles. The molecule has 11 rings (SSSR count). The van der Waals surface area contributed by atoms with Crippen LogP contribution in [0.4, 0.5) is 0 Å². The maximum Gasteiger partial charge on any atom is 0.165 e. The van der Waals surface area contributed by atoms with E-state index in [-0.39, 0.29) is 10.8 Å². The van der Waals surface area contributed by atoms with Crippen molar-refractivity contribution in [2.45, 2.75) is 38.5 Å². The highest BCUT2D eigenvalue weighted by molar-refractivity contribution is 7.26. The van der Waals surface area contributed by atoms with E-state index in [0.717, 1.165) is 16.7 Å². The summed E-state index contributed by atoms with van der Waals surface area (Å²) in [6.07, 6.45) is 0. The molecule has 7 aromatic carbocycles. The maximum atomic E-state index is 5.07. The lowest BCUT2D eigenvalue weighted by atomic mass is 9.79. The summed E-state index contributed by atoms with van der Waals surface area (Å²) in [6.45, 7) is 9.53. The van der Waals surface area contributed by atoms with Crippen LogP contribution in [0.1, 0.15) is 49.9 Å². The van der Waals surface area contributed by atoms with Gasteiger partial charge >= 0.3 is 0 Å². The van der Waals surface area contributed by atoms with Gasteiger partial charge in [-0.3, -0.25) is 0 Å². The summed E-state index contributed by atoms with van der Waals surface area (Å²) < 4.78 is 2.43. The number of hydrogen-bond donors (Lipinski definition) is 0. The van der Waals surface area contributed by atoms with Crippen LogP contribution in [-0.2, 0) is 10.8 Å². The number of fused-ring (bicyclic) bond motifs is 9. The minimum Gasteiger partial charge on any atom is -0.208 e. The largest absolute Gasteiger partial charge is 0.208 e. The van der Waals surface area contributed by atoms with E-state index in [1.807, 2.05) is 36.4 Å². The van der Waals surface area contributed by atoms with Crippen molar-refractivity contribution in [3.63, 3.8) is 0 Å². The van der Waals surface area contributed by atoms with Crippen LogP contribution in [0.15, 0.2) is 152 Å². The van der Waals surface area contributed by atoms with Crippen molar-refractivity contribution in [1.29, 1.82) is 0 Å². The first-order valence-corrected chi connectivity index (χ1v) is 19.8. The number of thiophene rings is 1. The van der Waals surface area contributed by atoms with Crippen LogP contribution in [0.2, 0.25) is 0 Å². The normalized spacial score (nSPS) is 14.5. The Kier molecular flexibility index (Phi) is 6.82. The molecule has 0 aliphatic heterocycles. The van der Waals surface area contributed by atoms with Crippen LogP contribution < -0.4 is 0 Å². The van der Waals surface area contributed by atoms with Crippen LogP contribution >= 0.6 is 11.3 Å². The summed E-state index contributed by atoms with van der Waals surface area (Å²) in [6, 6.07) is 54.9. The molecule has 2 aromatic heterocycles. The Balaban J connectivity index is 1.01. The molecule has 2 aliphatic carbocycles. The van der Waals surface area contributed by atoms with Crippen molar-refractivity contribution in [2.75, 3.05) is 0 Å². The number of rotatable bonds is 4. The van der Waals surface area contributed by atoms with Crippen LogP contribution in [-0.4, -0.2) is 15.0 Å². The highest BCUT2D eigenvalue weighted by atomic mass is 32.1. The second-order valence-electron chi connectivity index (χ2n) is 16.0. The second kappa shape index (κ2) is 11.6. The predicted octanol–water partition coefficient (Wildman–Crippen LogP) is 13.5. The molecule has 0 radical (unpaired) electrons. The Bertz CT molecular complexity index is 2970. The summed E-state index contributed by atoms with van der Waals surface area (Å²) in [7, 11) is 0. The smallest absolute Gasteiger partial charge is 0.165 e. The van der Waals surface area contributed by atoms with Gasteiger partial charge in [0, 0.05) is 47.7 Å². The van der Waals surface area contributed by atoms with E-state index in [4.69, 9.17) is 15.0 Å². The molecule has 2 heterocycles. The Morgan fingerprint density at radius 3 is 1.58 bits per heavy atom. The third kappa shape index (κ3) is 4.77. The highest BCUT2D eigenvalue weighted by Crippen LogP contribution is 2.56. The molecule has 0 spiro atoms. The molecule has 0 amide bonds. The standard InChI is InChI=1S/C51H37N3S/c1-50(2)41-21-12-11-18-34(41)38-28-44-39(29-43(38)50)35-24-22-33(27-42(35)51(44,3)4)32-23-25-45-40(26-32)36-19-13-20-37(46(36)55-45)49-53-47(30-14-7-5-8-15-30)52-48(54-49)31-16-9-6-10-17-31/h5-29H,1-4H3. The van der Waals surface area contributed by atoms with E-state index in [0.29, 0.717) is 17.5 Å². The van der Waals surface area contributed by atoms with Gasteiger partial charge in [-0.2, -0.15) is 0 Å². The molecule has 0 atom stereocenters. The number of nitrogens with zero attached hydrogens (tertiary/aromatic N) is 3. The molecule has 2 aliphatic rings. The lowest BCUT2D eigenvalue weighted by molar-refractivity contribution is 0.652. The summed E-state index contributed by atoms with van der Waals surface area (Å²) >= 11 is 1.81. The van der Waals surface area contributed by atoms with Gasteiger partial charge in [0.1, 0.15) is 0 Å². The van der Waals surface area contributed by atoms with Crippen molar-refractivity contribution in [3.8, 4) is 67.5 Å². The maximum absolute atomic E-state index is 5.07. The first-order valence-electron chi connectivity index (χ1n) is 19.0. The molecule has 55 heavy (non-hydrogen) atoms. The van der Waals surface area contributed by atoms with Crippen LogP contribution in [0.3, 0.4) is 0 Å². The molecule has 0 unspecified atom stereocenters. The van der Waals surface area contributed by atoms with Crippen molar-refractivity contribution in [1.82, 2.24) is 15.0 Å². The zero-order valence-electron chi connectivity index (χ0n) is 31.2. The van der Waals surface area contributed by atoms with E-state index in [1.165, 1.54) is 75.8 Å². The Labute approximate surface area is 325 Å². The van der Waals surface area contributed by atoms with Gasteiger partial charge in [0.05, 0.1) is 0 Å². The fourth-order valence-corrected chi connectivity index (χ4v) is 10.4. The average molecular weight is 724 g/mol. The second-order valence-corrected chi connectivity index (χ2v) is 17.1. The minimum absolute atomic E-state index is 0.0235. The van der Waals surface area contributed by atoms with Crippen LogP contribution in [0.5, 0.6) is 0 Å². The van der Waals surface area contributed by atoms with Gasteiger partial charge in [0.2, 0.25) is 0 Å². The Hall–Kier alpha value is -6.23. The third-order valence-corrected chi connectivity index (χ3v) is 13.4. The summed E-state index contributed by atoms with van der Waals surface area (Å²) in [5.74, 6) is 2.03. The quantitative estimate of drug-likeness (QED) is 0.181. The van der Waals surface area contributed by atoms with Crippen molar-refractivity contribution >= 4 is 31.5 Å². The molecule has 0 bridgehead atoms. The number of aromatic nitrogens is 3. The van der Waals surface area contributed by atoms with Gasteiger partial charge in [-0.1, -0.05) is 143 Å². The van der Waals surface area contributed by atoms with Crippen molar-refractivity contribution in [2.24, 2.45) is 0 Å². The van der Waals surface area contributed by atoms with Crippen LogP contribution in [0, 0.1) is 0 Å². The molecular weight excluding hydrogens is 687 g/mol. The van der Waals surface area contributed by atoms with Gasteiger partial charge in [0.25, 0.3) is 0 Å². The first-order chi connectivity index (χ1) is 26.8. The SMILES string of the molecule is CC1(C)c2ccccc2-c2cc3c(cc21)-c1ccc(-c2ccc4sc5c(-c6nc(-c7ccccc7)nc(-c7ccccc7)n6)cccc5c4c2)cc1C3(C)C. The van der Waals surface area contributed by atoms with E-state index in [9.17, 15) is 0 Å². The fraction of sp³-hybridized carbons (Fsp3) is 0.118. The van der Waals surface area contributed by atoms with E-state index in [2.05, 4.69) is 143 Å². The lowest BCUT2D eigenvalue weighted by Crippen LogP contribution is -2.17. The number of benzene rings is 7. The van der Waals surface area contributed by atoms with Gasteiger partial charge in [-0.25, -0.2) is 15.0 Å². The van der Waals surface area contributed by atoms with Crippen LogP contribution in [0.25, 0.3) is 87.7 Å². The predicted molar refractivity (Wildman–Crippen MR) is 230 cm³/mol. The highest BCUT2D eigenvalue weighted by Gasteiger charge is 2.41. The summed E-state index contributed by atoms with van der Waals surface area (Å²) in [5.41, 5.74) is 16.4. The zero-order chi connectivity index (χ0) is 37.1. The van der Waals surface area contributed by atoms with E-state index >= 15 is 0 Å².